The maximum atomic E-state index is 13.1. The standard InChI is InChI=1S/C21H22N2O3/c1-11-3-5-13(6-4-11)22(12(2)24)10-23-20(25)18-14-7-8-15(17-9-16(14)17)19(18)21(23)26/h3-8,14-19H,9-10H2,1-2H3/t14-,15-,16-,17-,18-,19+/m0/s1. The number of aryl methyl sites for hydroxylation is 1. The van der Waals surface area contributed by atoms with Gasteiger partial charge in [-0.2, -0.15) is 0 Å². The normalized spacial score (nSPS) is 36.2. The van der Waals surface area contributed by atoms with Gasteiger partial charge in [0.15, 0.2) is 0 Å². The summed E-state index contributed by atoms with van der Waals surface area (Å²) in [6.45, 7) is 3.46. The van der Waals surface area contributed by atoms with Crippen LogP contribution in [0.5, 0.6) is 0 Å². The minimum atomic E-state index is -0.215. The lowest BCUT2D eigenvalue weighted by Crippen LogP contribution is -2.44. The van der Waals surface area contributed by atoms with Gasteiger partial charge in [0.25, 0.3) is 0 Å². The number of anilines is 1. The number of nitrogens with zero attached hydrogens (tertiary/aromatic N) is 2. The molecule has 26 heavy (non-hydrogen) atoms. The van der Waals surface area contributed by atoms with Gasteiger partial charge >= 0.3 is 0 Å². The van der Waals surface area contributed by atoms with Crippen LogP contribution in [0, 0.1) is 42.4 Å². The van der Waals surface area contributed by atoms with Crippen LogP contribution >= 0.6 is 0 Å². The second-order valence-corrected chi connectivity index (χ2v) is 8.18. The first-order valence-electron chi connectivity index (χ1n) is 9.35. The molecule has 0 aromatic heterocycles. The van der Waals surface area contributed by atoms with Crippen LogP contribution < -0.4 is 4.90 Å². The van der Waals surface area contributed by atoms with Gasteiger partial charge in [0.2, 0.25) is 17.7 Å². The number of benzene rings is 1. The summed E-state index contributed by atoms with van der Waals surface area (Å²) < 4.78 is 0. The van der Waals surface area contributed by atoms with Crippen molar-refractivity contribution in [1.29, 1.82) is 0 Å². The Kier molecular flexibility index (Phi) is 3.21. The molecule has 5 heteroatoms. The van der Waals surface area contributed by atoms with Crippen molar-refractivity contribution in [2.45, 2.75) is 20.3 Å². The molecule has 5 nitrogen and oxygen atoms in total. The summed E-state index contributed by atoms with van der Waals surface area (Å²) in [7, 11) is 0. The summed E-state index contributed by atoms with van der Waals surface area (Å²) in [5.74, 6) is 0.802. The number of rotatable bonds is 3. The van der Waals surface area contributed by atoms with Gasteiger partial charge in [-0.3, -0.25) is 24.2 Å². The Labute approximate surface area is 152 Å². The van der Waals surface area contributed by atoms with Gasteiger partial charge in [0, 0.05) is 12.6 Å². The van der Waals surface area contributed by atoms with Gasteiger partial charge in [-0.15, -0.1) is 0 Å². The highest BCUT2D eigenvalue weighted by molar-refractivity contribution is 6.07. The first-order valence-corrected chi connectivity index (χ1v) is 9.35. The van der Waals surface area contributed by atoms with Gasteiger partial charge in [-0.25, -0.2) is 0 Å². The summed E-state index contributed by atoms with van der Waals surface area (Å²) >= 11 is 0. The molecule has 1 heterocycles. The Morgan fingerprint density at radius 1 is 1.04 bits per heavy atom. The van der Waals surface area contributed by atoms with E-state index in [0.29, 0.717) is 17.5 Å². The maximum absolute atomic E-state index is 13.1. The number of carbonyl (C=O) groups excluding carboxylic acids is 3. The molecule has 0 spiro atoms. The van der Waals surface area contributed by atoms with Gasteiger partial charge in [0.1, 0.15) is 6.67 Å². The lowest BCUT2D eigenvalue weighted by molar-refractivity contribution is -0.140. The summed E-state index contributed by atoms with van der Waals surface area (Å²) in [5.41, 5.74) is 1.81. The van der Waals surface area contributed by atoms with Gasteiger partial charge in [-0.05, 0) is 49.1 Å². The van der Waals surface area contributed by atoms with E-state index in [4.69, 9.17) is 0 Å². The van der Waals surface area contributed by atoms with Gasteiger partial charge < -0.3 is 0 Å². The molecule has 3 fully saturated rings. The molecule has 1 aromatic rings. The number of imide groups is 1. The highest BCUT2D eigenvalue weighted by Gasteiger charge is 2.67. The average Bonchev–Trinajstić information content (AvgIpc) is 3.40. The molecular weight excluding hydrogens is 328 g/mol. The van der Waals surface area contributed by atoms with Crippen LogP contribution in [-0.2, 0) is 14.4 Å². The van der Waals surface area contributed by atoms with Crippen LogP contribution in [-0.4, -0.2) is 29.3 Å². The molecular formula is C21H22N2O3. The Hall–Kier alpha value is -2.43. The molecule has 0 unspecified atom stereocenters. The van der Waals surface area contributed by atoms with E-state index in [0.717, 1.165) is 12.0 Å². The second-order valence-electron chi connectivity index (χ2n) is 8.18. The monoisotopic (exact) mass is 350 g/mol. The zero-order valence-electron chi connectivity index (χ0n) is 15.0. The summed E-state index contributed by atoms with van der Waals surface area (Å²) in [4.78, 5) is 41.2. The summed E-state index contributed by atoms with van der Waals surface area (Å²) in [6.07, 6.45) is 5.48. The molecule has 2 bridgehead atoms. The van der Waals surface area contributed by atoms with Crippen molar-refractivity contribution in [2.24, 2.45) is 35.5 Å². The minimum Gasteiger partial charge on any atom is -0.294 e. The van der Waals surface area contributed by atoms with E-state index in [1.54, 1.807) is 0 Å². The number of amides is 3. The molecule has 0 N–H and O–H groups in total. The van der Waals surface area contributed by atoms with E-state index in [1.165, 1.54) is 16.7 Å². The van der Waals surface area contributed by atoms with Crippen molar-refractivity contribution >= 4 is 23.4 Å². The molecule has 1 saturated heterocycles. The van der Waals surface area contributed by atoms with Crippen LogP contribution in [0.4, 0.5) is 5.69 Å². The molecule has 2 saturated carbocycles. The number of likely N-dealkylation sites (tertiary alicyclic amines) is 1. The van der Waals surface area contributed by atoms with Crippen LogP contribution in [0.2, 0.25) is 0 Å². The highest BCUT2D eigenvalue weighted by atomic mass is 16.2. The fourth-order valence-electron chi connectivity index (χ4n) is 5.39. The van der Waals surface area contributed by atoms with E-state index in [1.807, 2.05) is 31.2 Å². The van der Waals surface area contributed by atoms with E-state index < -0.39 is 0 Å². The third-order valence-corrected chi connectivity index (χ3v) is 6.76. The zero-order chi connectivity index (χ0) is 18.2. The van der Waals surface area contributed by atoms with Crippen LogP contribution in [0.3, 0.4) is 0 Å². The molecule has 5 aliphatic rings. The SMILES string of the molecule is CC(=O)N(CN1C(=O)[C@@H]2[C@H]3C=C[C@@H]([C@@H]4C[C@@H]34)[C@@H]2C1=O)c1ccc(C)cc1. The first-order chi connectivity index (χ1) is 12.5. The minimum absolute atomic E-state index is 0.0117. The van der Waals surface area contributed by atoms with E-state index in [9.17, 15) is 14.4 Å². The molecule has 6 rings (SSSR count). The van der Waals surface area contributed by atoms with Crippen molar-refractivity contribution in [3.05, 3.63) is 42.0 Å². The topological polar surface area (TPSA) is 57.7 Å². The molecule has 3 amide bonds. The zero-order valence-corrected chi connectivity index (χ0v) is 15.0. The van der Waals surface area contributed by atoms with Crippen LogP contribution in [0.1, 0.15) is 18.9 Å². The Morgan fingerprint density at radius 3 is 2.08 bits per heavy atom. The molecule has 4 aliphatic carbocycles. The third kappa shape index (κ3) is 2.06. The molecule has 1 aromatic carbocycles. The molecule has 1 aliphatic heterocycles. The van der Waals surface area contributed by atoms with E-state index in [-0.39, 0.29) is 48.1 Å². The maximum Gasteiger partial charge on any atom is 0.235 e. The fourth-order valence-corrected chi connectivity index (χ4v) is 5.39. The number of carbonyl (C=O) groups is 3. The Morgan fingerprint density at radius 2 is 1.58 bits per heavy atom. The Bertz CT molecular complexity index is 807. The first kappa shape index (κ1) is 15.8. The van der Waals surface area contributed by atoms with Crippen molar-refractivity contribution in [2.75, 3.05) is 11.6 Å². The van der Waals surface area contributed by atoms with Crippen molar-refractivity contribution in [1.82, 2.24) is 4.90 Å². The lowest BCUT2D eigenvalue weighted by atomic mass is 9.63. The molecule has 0 radical (unpaired) electrons. The molecule has 6 atom stereocenters. The van der Waals surface area contributed by atoms with Gasteiger partial charge in [0.05, 0.1) is 11.8 Å². The third-order valence-electron chi connectivity index (χ3n) is 6.76. The predicted octanol–water partition coefficient (Wildman–Crippen LogP) is 2.36. The van der Waals surface area contributed by atoms with Crippen molar-refractivity contribution in [3.8, 4) is 0 Å². The quantitative estimate of drug-likeness (QED) is 0.621. The van der Waals surface area contributed by atoms with E-state index >= 15 is 0 Å². The second kappa shape index (κ2) is 5.29. The largest absolute Gasteiger partial charge is 0.294 e. The number of allylic oxidation sites excluding steroid dienone is 2. The van der Waals surface area contributed by atoms with Gasteiger partial charge in [-0.1, -0.05) is 29.8 Å². The highest BCUT2D eigenvalue weighted by Crippen LogP contribution is 2.65. The summed E-state index contributed by atoms with van der Waals surface area (Å²) in [6, 6.07) is 7.57. The number of hydrogen-bond donors (Lipinski definition) is 0. The van der Waals surface area contributed by atoms with E-state index in [2.05, 4.69) is 12.2 Å². The molecule has 134 valence electrons. The van der Waals surface area contributed by atoms with Crippen molar-refractivity contribution in [3.63, 3.8) is 0 Å². The van der Waals surface area contributed by atoms with Crippen LogP contribution in [0.25, 0.3) is 0 Å². The van der Waals surface area contributed by atoms with Crippen LogP contribution in [0.15, 0.2) is 36.4 Å². The van der Waals surface area contributed by atoms with Crippen molar-refractivity contribution < 1.29 is 14.4 Å². The predicted molar refractivity (Wildman–Crippen MR) is 95.8 cm³/mol. The summed E-state index contributed by atoms with van der Waals surface area (Å²) in [5, 5.41) is 0. The fraction of sp³-hybridized carbons (Fsp3) is 0.476. The Balaban J connectivity index is 1.44. The lowest BCUT2D eigenvalue weighted by Gasteiger charge is -2.37. The smallest absolute Gasteiger partial charge is 0.235 e. The number of hydrogen-bond acceptors (Lipinski definition) is 3. The average molecular weight is 350 g/mol.